The third kappa shape index (κ3) is 4.77. The van der Waals surface area contributed by atoms with E-state index in [0.717, 1.165) is 33.8 Å². The van der Waals surface area contributed by atoms with Gasteiger partial charge in [-0.2, -0.15) is 17.5 Å². The van der Waals surface area contributed by atoms with E-state index in [1.807, 2.05) is 38.1 Å². The number of anilines is 1. The molecule has 1 aliphatic rings. The Hall–Kier alpha value is -2.39. The topological polar surface area (TPSA) is 57.7 Å². The zero-order valence-corrected chi connectivity index (χ0v) is 18.2. The van der Waals surface area contributed by atoms with Crippen LogP contribution in [0.3, 0.4) is 0 Å². The fraction of sp³-hybridized carbons (Fsp3) is 0.409. The minimum atomic E-state index is -4.77. The van der Waals surface area contributed by atoms with E-state index >= 15 is 0 Å². The number of halogens is 3. The number of alkyl halides is 3. The molecule has 1 heterocycles. The zero-order chi connectivity index (χ0) is 22.8. The van der Waals surface area contributed by atoms with Crippen LogP contribution in [-0.2, 0) is 21.0 Å². The lowest BCUT2D eigenvalue weighted by atomic mass is 9.96. The molecule has 1 saturated heterocycles. The summed E-state index contributed by atoms with van der Waals surface area (Å²) in [5, 5.41) is 0. The van der Waals surface area contributed by atoms with Gasteiger partial charge in [-0.15, -0.1) is 0 Å². The highest BCUT2D eigenvalue weighted by Crippen LogP contribution is 2.36. The Morgan fingerprint density at radius 3 is 2.23 bits per heavy atom. The molecule has 0 N–H and O–H groups in total. The number of aryl methyl sites for hydroxylation is 1. The Bertz CT molecular complexity index is 1050. The molecule has 9 heteroatoms. The normalized spacial score (nSPS) is 16.3. The van der Waals surface area contributed by atoms with Crippen molar-refractivity contribution in [1.29, 1.82) is 0 Å². The van der Waals surface area contributed by atoms with Crippen molar-refractivity contribution >= 4 is 21.6 Å². The molecule has 0 unspecified atom stereocenters. The number of amides is 1. The Labute approximate surface area is 180 Å². The summed E-state index contributed by atoms with van der Waals surface area (Å²) in [4.78, 5) is 14.0. The van der Waals surface area contributed by atoms with Gasteiger partial charge in [0, 0.05) is 31.2 Å². The molecular weight excluding hydrogens is 429 g/mol. The Morgan fingerprint density at radius 1 is 1.06 bits per heavy atom. The van der Waals surface area contributed by atoms with Gasteiger partial charge in [-0.3, -0.25) is 4.79 Å². The van der Waals surface area contributed by atoms with Crippen LogP contribution in [0.1, 0.15) is 30.9 Å². The highest BCUT2D eigenvalue weighted by molar-refractivity contribution is 7.89. The fourth-order valence-corrected chi connectivity index (χ4v) is 5.62. The number of nitrogens with zero attached hydrogens (tertiary/aromatic N) is 2. The first-order chi connectivity index (χ1) is 14.6. The van der Waals surface area contributed by atoms with E-state index in [1.54, 1.807) is 4.90 Å². The van der Waals surface area contributed by atoms with Gasteiger partial charge >= 0.3 is 6.18 Å². The summed E-state index contributed by atoms with van der Waals surface area (Å²) >= 11 is 0. The van der Waals surface area contributed by atoms with Gasteiger partial charge in [0.05, 0.1) is 10.5 Å². The molecule has 0 aliphatic carbocycles. The largest absolute Gasteiger partial charge is 0.417 e. The van der Waals surface area contributed by atoms with Gasteiger partial charge in [-0.05, 0) is 50.5 Å². The number of piperidine rings is 1. The van der Waals surface area contributed by atoms with E-state index < -0.39 is 26.7 Å². The van der Waals surface area contributed by atoms with E-state index in [-0.39, 0.29) is 37.8 Å². The van der Waals surface area contributed by atoms with Gasteiger partial charge in [-0.1, -0.05) is 30.3 Å². The molecule has 0 saturated carbocycles. The van der Waals surface area contributed by atoms with Crippen molar-refractivity contribution in [2.75, 3.05) is 24.5 Å². The first kappa shape index (κ1) is 23.3. The molecule has 0 aromatic heterocycles. The molecular formula is C22H25F3N2O3S. The number of rotatable bonds is 5. The molecule has 1 fully saturated rings. The van der Waals surface area contributed by atoms with Crippen LogP contribution in [0, 0.1) is 12.8 Å². The molecule has 0 atom stereocenters. The molecule has 5 nitrogen and oxygen atoms in total. The summed E-state index contributed by atoms with van der Waals surface area (Å²) in [6.07, 6.45) is -4.25. The maximum absolute atomic E-state index is 13.3. The number of para-hydroxylation sites is 1. The van der Waals surface area contributed by atoms with Crippen LogP contribution in [0.15, 0.2) is 53.4 Å². The third-order valence-corrected chi connectivity index (χ3v) is 7.56. The maximum atomic E-state index is 13.3. The summed E-state index contributed by atoms with van der Waals surface area (Å²) in [5.41, 5.74) is 0.593. The first-order valence-corrected chi connectivity index (χ1v) is 11.5. The van der Waals surface area contributed by atoms with Gasteiger partial charge in [-0.25, -0.2) is 8.42 Å². The van der Waals surface area contributed by atoms with Crippen LogP contribution >= 0.6 is 0 Å². The summed E-state index contributed by atoms with van der Waals surface area (Å²) in [5.74, 6) is -0.478. The zero-order valence-electron chi connectivity index (χ0n) is 17.4. The van der Waals surface area contributed by atoms with Crippen LogP contribution in [0.2, 0.25) is 0 Å². The van der Waals surface area contributed by atoms with Gasteiger partial charge < -0.3 is 4.90 Å². The lowest BCUT2D eigenvalue weighted by molar-refractivity contribution is -0.139. The van der Waals surface area contributed by atoms with Crippen LogP contribution in [-0.4, -0.2) is 38.3 Å². The van der Waals surface area contributed by atoms with Crippen molar-refractivity contribution in [3.8, 4) is 0 Å². The van der Waals surface area contributed by atoms with E-state index in [2.05, 4.69) is 0 Å². The monoisotopic (exact) mass is 454 g/mol. The van der Waals surface area contributed by atoms with E-state index in [9.17, 15) is 26.4 Å². The fourth-order valence-electron chi connectivity index (χ4n) is 3.94. The number of benzene rings is 2. The second kappa shape index (κ2) is 9.00. The van der Waals surface area contributed by atoms with Crippen LogP contribution in [0.5, 0.6) is 0 Å². The molecule has 1 aliphatic heterocycles. The predicted molar refractivity (Wildman–Crippen MR) is 112 cm³/mol. The van der Waals surface area contributed by atoms with Crippen molar-refractivity contribution in [2.45, 2.75) is 37.8 Å². The lowest BCUT2D eigenvalue weighted by Gasteiger charge is -2.34. The van der Waals surface area contributed by atoms with E-state index in [4.69, 9.17) is 0 Å². The number of sulfonamides is 1. The quantitative estimate of drug-likeness (QED) is 0.670. The van der Waals surface area contributed by atoms with Gasteiger partial charge in [0.1, 0.15) is 0 Å². The van der Waals surface area contributed by atoms with Crippen molar-refractivity contribution in [3.63, 3.8) is 0 Å². The molecule has 0 spiro atoms. The number of carbonyl (C=O) groups excluding carboxylic acids is 1. The summed E-state index contributed by atoms with van der Waals surface area (Å²) in [6.45, 7) is 4.25. The third-order valence-electron chi connectivity index (χ3n) is 5.60. The average Bonchev–Trinajstić information content (AvgIpc) is 2.75. The van der Waals surface area contributed by atoms with E-state index in [0.29, 0.717) is 6.54 Å². The van der Waals surface area contributed by atoms with Crippen molar-refractivity contribution in [3.05, 3.63) is 59.7 Å². The Morgan fingerprint density at radius 2 is 1.65 bits per heavy atom. The van der Waals surface area contributed by atoms with Gasteiger partial charge in [0.2, 0.25) is 15.9 Å². The highest BCUT2D eigenvalue weighted by atomic mass is 32.2. The average molecular weight is 455 g/mol. The van der Waals surface area contributed by atoms with Crippen molar-refractivity contribution in [1.82, 2.24) is 4.31 Å². The van der Waals surface area contributed by atoms with Gasteiger partial charge in [0.25, 0.3) is 0 Å². The molecule has 31 heavy (non-hydrogen) atoms. The van der Waals surface area contributed by atoms with Crippen LogP contribution < -0.4 is 4.90 Å². The number of hydrogen-bond acceptors (Lipinski definition) is 3. The Balaban J connectivity index is 1.76. The molecule has 2 aromatic rings. The standard InChI is InChI=1S/C22H25F3N2O3S/c1-3-27(19-10-6-4-8-16(19)2)21(28)17-12-14-26(15-13-17)31(29,30)20-11-7-5-9-18(20)22(23,24)25/h4-11,17H,3,12-15H2,1-2H3. The SMILES string of the molecule is CCN(C(=O)C1CCN(S(=O)(=O)c2ccccc2C(F)(F)F)CC1)c1ccccc1C. The molecule has 168 valence electrons. The molecule has 1 amide bonds. The van der Waals surface area contributed by atoms with Crippen molar-refractivity contribution in [2.24, 2.45) is 5.92 Å². The predicted octanol–water partition coefficient (Wildman–Crippen LogP) is 4.47. The molecule has 0 bridgehead atoms. The second-order valence-electron chi connectivity index (χ2n) is 7.54. The molecule has 0 radical (unpaired) electrons. The van der Waals surface area contributed by atoms with E-state index in [1.165, 1.54) is 6.07 Å². The minimum Gasteiger partial charge on any atom is -0.312 e. The smallest absolute Gasteiger partial charge is 0.312 e. The molecule has 2 aromatic carbocycles. The second-order valence-corrected chi connectivity index (χ2v) is 9.45. The first-order valence-electron chi connectivity index (χ1n) is 10.1. The molecule has 3 rings (SSSR count). The highest BCUT2D eigenvalue weighted by Gasteiger charge is 2.40. The lowest BCUT2D eigenvalue weighted by Crippen LogP contribution is -2.45. The summed E-state index contributed by atoms with van der Waals surface area (Å²) < 4.78 is 66.8. The summed E-state index contributed by atoms with van der Waals surface area (Å²) in [6, 6.07) is 11.7. The maximum Gasteiger partial charge on any atom is 0.417 e. The van der Waals surface area contributed by atoms with Gasteiger partial charge in [0.15, 0.2) is 0 Å². The van der Waals surface area contributed by atoms with Crippen molar-refractivity contribution < 1.29 is 26.4 Å². The number of hydrogen-bond donors (Lipinski definition) is 0. The van der Waals surface area contributed by atoms with Crippen LogP contribution in [0.25, 0.3) is 0 Å². The minimum absolute atomic E-state index is 0.00371. The van der Waals surface area contributed by atoms with Crippen LogP contribution in [0.4, 0.5) is 18.9 Å². The summed E-state index contributed by atoms with van der Waals surface area (Å²) in [7, 11) is -4.32. The Kier molecular flexibility index (Phi) is 6.76. The number of carbonyl (C=O) groups is 1.